The molecule has 0 aliphatic carbocycles. The minimum absolute atomic E-state index is 0.0427. The lowest BCUT2D eigenvalue weighted by molar-refractivity contribution is 0.241. The first-order chi connectivity index (χ1) is 8.82. The van der Waals surface area contributed by atoms with Gasteiger partial charge in [0.1, 0.15) is 0 Å². The number of hydrogen-bond acceptors (Lipinski definition) is 2. The molecule has 0 fully saturated rings. The highest BCUT2D eigenvalue weighted by Gasteiger charge is 2.13. The van der Waals surface area contributed by atoms with Crippen LogP contribution in [-0.2, 0) is 5.41 Å². The SMILES string of the molecule is C[C@@H](CCO)NC(=O)Nc1ccc(C(C)(C)C)cc1. The van der Waals surface area contributed by atoms with Gasteiger partial charge in [0.05, 0.1) is 0 Å². The Balaban J connectivity index is 2.56. The van der Waals surface area contributed by atoms with E-state index in [4.69, 9.17) is 5.11 Å². The zero-order valence-electron chi connectivity index (χ0n) is 12.2. The quantitative estimate of drug-likeness (QED) is 0.783. The van der Waals surface area contributed by atoms with Crippen LogP contribution < -0.4 is 10.6 Å². The molecular weight excluding hydrogens is 240 g/mol. The molecule has 0 spiro atoms. The van der Waals surface area contributed by atoms with Crippen LogP contribution in [0.4, 0.5) is 10.5 Å². The van der Waals surface area contributed by atoms with Gasteiger partial charge in [0, 0.05) is 18.3 Å². The lowest BCUT2D eigenvalue weighted by Gasteiger charge is -2.19. The van der Waals surface area contributed by atoms with Gasteiger partial charge in [-0.05, 0) is 36.5 Å². The van der Waals surface area contributed by atoms with Gasteiger partial charge in [-0.3, -0.25) is 0 Å². The Labute approximate surface area is 115 Å². The maximum Gasteiger partial charge on any atom is 0.319 e. The summed E-state index contributed by atoms with van der Waals surface area (Å²) in [6.45, 7) is 8.39. The Bertz CT molecular complexity index is 407. The van der Waals surface area contributed by atoms with E-state index in [1.54, 1.807) is 0 Å². The molecule has 1 aromatic rings. The molecule has 106 valence electrons. The number of aliphatic hydroxyl groups is 1. The number of nitrogens with one attached hydrogen (secondary N) is 2. The van der Waals surface area contributed by atoms with E-state index in [9.17, 15) is 4.79 Å². The number of amides is 2. The summed E-state index contributed by atoms with van der Waals surface area (Å²) in [7, 11) is 0. The average Bonchev–Trinajstić information content (AvgIpc) is 2.28. The van der Waals surface area contributed by atoms with Crippen LogP contribution in [0, 0.1) is 0 Å². The largest absolute Gasteiger partial charge is 0.396 e. The minimum atomic E-state index is -0.246. The van der Waals surface area contributed by atoms with Crippen molar-refractivity contribution in [3.63, 3.8) is 0 Å². The number of anilines is 1. The summed E-state index contributed by atoms with van der Waals surface area (Å²) in [4.78, 5) is 11.7. The molecule has 4 heteroatoms. The van der Waals surface area contributed by atoms with Gasteiger partial charge in [-0.25, -0.2) is 4.79 Å². The van der Waals surface area contributed by atoms with Crippen LogP contribution in [0.2, 0.25) is 0 Å². The molecule has 1 atom stereocenters. The van der Waals surface area contributed by atoms with E-state index in [1.807, 2.05) is 31.2 Å². The number of aliphatic hydroxyl groups excluding tert-OH is 1. The Kier molecular flexibility index (Phi) is 5.36. The van der Waals surface area contributed by atoms with Crippen LogP contribution in [0.3, 0.4) is 0 Å². The lowest BCUT2D eigenvalue weighted by atomic mass is 9.87. The maximum atomic E-state index is 11.7. The van der Waals surface area contributed by atoms with Gasteiger partial charge < -0.3 is 15.7 Å². The van der Waals surface area contributed by atoms with Crippen LogP contribution in [0.25, 0.3) is 0 Å². The molecule has 2 amide bonds. The van der Waals surface area contributed by atoms with Crippen molar-refractivity contribution in [3.05, 3.63) is 29.8 Å². The topological polar surface area (TPSA) is 61.4 Å². The van der Waals surface area contributed by atoms with Crippen LogP contribution in [0.1, 0.15) is 39.7 Å². The van der Waals surface area contributed by atoms with Crippen molar-refractivity contribution in [1.29, 1.82) is 0 Å². The van der Waals surface area contributed by atoms with E-state index in [-0.39, 0.29) is 24.1 Å². The van der Waals surface area contributed by atoms with Crippen molar-refractivity contribution in [2.75, 3.05) is 11.9 Å². The minimum Gasteiger partial charge on any atom is -0.396 e. The molecule has 19 heavy (non-hydrogen) atoms. The molecule has 0 saturated heterocycles. The molecule has 1 aromatic carbocycles. The normalized spacial score (nSPS) is 12.9. The molecule has 0 aliphatic heterocycles. The smallest absolute Gasteiger partial charge is 0.319 e. The number of hydrogen-bond donors (Lipinski definition) is 3. The Morgan fingerprint density at radius 1 is 1.26 bits per heavy atom. The van der Waals surface area contributed by atoms with E-state index in [2.05, 4.69) is 31.4 Å². The first-order valence-electron chi connectivity index (χ1n) is 6.62. The fourth-order valence-electron chi connectivity index (χ4n) is 1.71. The Morgan fingerprint density at radius 3 is 2.32 bits per heavy atom. The highest BCUT2D eigenvalue weighted by molar-refractivity contribution is 5.89. The van der Waals surface area contributed by atoms with Gasteiger partial charge in [0.15, 0.2) is 0 Å². The van der Waals surface area contributed by atoms with Gasteiger partial charge in [-0.1, -0.05) is 32.9 Å². The van der Waals surface area contributed by atoms with Gasteiger partial charge in [0.25, 0.3) is 0 Å². The molecule has 0 aromatic heterocycles. The van der Waals surface area contributed by atoms with E-state index in [1.165, 1.54) is 5.56 Å². The second-order valence-corrected chi connectivity index (χ2v) is 5.84. The van der Waals surface area contributed by atoms with Gasteiger partial charge in [0.2, 0.25) is 0 Å². The summed E-state index contributed by atoms with van der Waals surface area (Å²) in [5, 5.41) is 14.3. The predicted molar refractivity (Wildman–Crippen MR) is 78.5 cm³/mol. The molecule has 1 rings (SSSR count). The first-order valence-corrected chi connectivity index (χ1v) is 6.62. The zero-order valence-corrected chi connectivity index (χ0v) is 12.2. The fraction of sp³-hybridized carbons (Fsp3) is 0.533. The summed E-state index contributed by atoms with van der Waals surface area (Å²) in [5.74, 6) is 0. The highest BCUT2D eigenvalue weighted by Crippen LogP contribution is 2.23. The van der Waals surface area contributed by atoms with Crippen molar-refractivity contribution < 1.29 is 9.90 Å². The maximum absolute atomic E-state index is 11.7. The van der Waals surface area contributed by atoms with E-state index < -0.39 is 0 Å². The summed E-state index contributed by atoms with van der Waals surface area (Å²) in [5.41, 5.74) is 2.10. The summed E-state index contributed by atoms with van der Waals surface area (Å²) in [6.07, 6.45) is 0.552. The van der Waals surface area contributed by atoms with Gasteiger partial charge in [-0.15, -0.1) is 0 Å². The van der Waals surface area contributed by atoms with Crippen LogP contribution >= 0.6 is 0 Å². The fourth-order valence-corrected chi connectivity index (χ4v) is 1.71. The number of carbonyl (C=O) groups is 1. The first kappa shape index (κ1) is 15.5. The van der Waals surface area contributed by atoms with Crippen LogP contribution in [0.5, 0.6) is 0 Å². The standard InChI is InChI=1S/C15H24N2O2/c1-11(9-10-18)16-14(19)17-13-7-5-12(6-8-13)15(2,3)4/h5-8,11,18H,9-10H2,1-4H3,(H2,16,17,19)/t11-/m0/s1. The molecule has 4 nitrogen and oxygen atoms in total. The number of benzene rings is 1. The third kappa shape index (κ3) is 5.30. The summed E-state index contributed by atoms with van der Waals surface area (Å²) < 4.78 is 0. The molecule has 0 saturated carbocycles. The second-order valence-electron chi connectivity index (χ2n) is 5.84. The van der Waals surface area contributed by atoms with Crippen LogP contribution in [0.15, 0.2) is 24.3 Å². The van der Waals surface area contributed by atoms with E-state index in [0.717, 1.165) is 5.69 Å². The Morgan fingerprint density at radius 2 is 1.84 bits per heavy atom. The molecular formula is C15H24N2O2. The Hall–Kier alpha value is -1.55. The molecule has 0 unspecified atom stereocenters. The van der Waals surface area contributed by atoms with Crippen molar-refractivity contribution in [2.45, 2.75) is 45.6 Å². The monoisotopic (exact) mass is 264 g/mol. The molecule has 0 heterocycles. The van der Waals surface area contributed by atoms with Crippen LogP contribution in [-0.4, -0.2) is 23.8 Å². The lowest BCUT2D eigenvalue weighted by Crippen LogP contribution is -2.36. The number of rotatable bonds is 4. The van der Waals surface area contributed by atoms with Crippen molar-refractivity contribution in [3.8, 4) is 0 Å². The summed E-state index contributed by atoms with van der Waals surface area (Å²) >= 11 is 0. The van der Waals surface area contributed by atoms with Gasteiger partial charge >= 0.3 is 6.03 Å². The predicted octanol–water partition coefficient (Wildman–Crippen LogP) is 2.88. The van der Waals surface area contributed by atoms with E-state index >= 15 is 0 Å². The second kappa shape index (κ2) is 6.57. The van der Waals surface area contributed by atoms with Crippen molar-refractivity contribution in [1.82, 2.24) is 5.32 Å². The highest BCUT2D eigenvalue weighted by atomic mass is 16.3. The van der Waals surface area contributed by atoms with E-state index in [0.29, 0.717) is 6.42 Å². The molecule has 0 aliphatic rings. The number of urea groups is 1. The molecule has 3 N–H and O–H groups in total. The molecule has 0 radical (unpaired) electrons. The average molecular weight is 264 g/mol. The van der Waals surface area contributed by atoms with Crippen molar-refractivity contribution >= 4 is 11.7 Å². The third-order valence-corrected chi connectivity index (χ3v) is 2.95. The van der Waals surface area contributed by atoms with Crippen molar-refractivity contribution in [2.24, 2.45) is 0 Å². The zero-order chi connectivity index (χ0) is 14.5. The summed E-state index contributed by atoms with van der Waals surface area (Å²) in [6, 6.07) is 7.55. The van der Waals surface area contributed by atoms with Gasteiger partial charge in [-0.2, -0.15) is 0 Å². The third-order valence-electron chi connectivity index (χ3n) is 2.95. The molecule has 0 bridgehead atoms. The number of carbonyl (C=O) groups excluding carboxylic acids is 1.